The van der Waals surface area contributed by atoms with E-state index in [1.165, 1.54) is 43.5 Å². The van der Waals surface area contributed by atoms with E-state index in [9.17, 15) is 23.3 Å². The van der Waals surface area contributed by atoms with Crippen LogP contribution in [0.25, 0.3) is 0 Å². The molecule has 13 heteroatoms. The molecule has 3 rings (SSSR count). The molecule has 1 heterocycles. The third-order valence-electron chi connectivity index (χ3n) is 4.10. The Labute approximate surface area is 182 Å². The average molecular weight is 459 g/mol. The molecule has 0 amide bonds. The highest BCUT2D eigenvalue weighted by Crippen LogP contribution is 2.33. The first kappa shape index (κ1) is 22.6. The van der Waals surface area contributed by atoms with Crippen LogP contribution in [0.3, 0.4) is 0 Å². The van der Waals surface area contributed by atoms with Gasteiger partial charge in [0.15, 0.2) is 0 Å². The quantitative estimate of drug-likeness (QED) is 0.291. The van der Waals surface area contributed by atoms with Crippen LogP contribution in [-0.4, -0.2) is 36.4 Å². The summed E-state index contributed by atoms with van der Waals surface area (Å²) in [5, 5.41) is 11.6. The van der Waals surface area contributed by atoms with Crippen LogP contribution in [0.2, 0.25) is 0 Å². The molecule has 0 atom stereocenters. The van der Waals surface area contributed by atoms with E-state index >= 15 is 0 Å². The van der Waals surface area contributed by atoms with Gasteiger partial charge in [-0.15, -0.1) is 4.83 Å². The normalized spacial score (nSPS) is 10.9. The lowest BCUT2D eigenvalue weighted by Gasteiger charge is -2.11. The second-order valence-corrected chi connectivity index (χ2v) is 7.98. The number of nitrogens with one attached hydrogen (secondary N) is 2. The van der Waals surface area contributed by atoms with Gasteiger partial charge < -0.3 is 9.47 Å². The molecule has 0 aliphatic heterocycles. The number of carbonyl (C=O) groups is 1. The Bertz CT molecular complexity index is 1250. The molecular formula is C19H17N5O7S. The molecule has 0 aliphatic rings. The van der Waals surface area contributed by atoms with Crippen LogP contribution < -0.4 is 15.0 Å². The van der Waals surface area contributed by atoms with Gasteiger partial charge in [-0.1, -0.05) is 17.7 Å². The molecule has 12 nitrogen and oxygen atoms in total. The maximum Gasteiger partial charge on any atom is 0.374 e. The third kappa shape index (κ3) is 5.14. The molecule has 0 bridgehead atoms. The number of aryl methyl sites for hydroxylation is 1. The summed E-state index contributed by atoms with van der Waals surface area (Å²) in [6.07, 6.45) is 0.966. The summed E-state index contributed by atoms with van der Waals surface area (Å²) in [5.74, 6) is -1.28. The van der Waals surface area contributed by atoms with Gasteiger partial charge in [-0.3, -0.25) is 15.5 Å². The fraction of sp³-hybridized carbons (Fsp3) is 0.105. The predicted octanol–water partition coefficient (Wildman–Crippen LogP) is 2.58. The zero-order valence-electron chi connectivity index (χ0n) is 16.8. The van der Waals surface area contributed by atoms with Gasteiger partial charge in [0.2, 0.25) is 5.82 Å². The van der Waals surface area contributed by atoms with Crippen molar-refractivity contribution >= 4 is 27.5 Å². The highest BCUT2D eigenvalue weighted by atomic mass is 32.2. The molecule has 0 saturated heterocycles. The molecule has 0 aliphatic carbocycles. The minimum atomic E-state index is -4.03. The number of ether oxygens (including phenoxy) is 2. The van der Waals surface area contributed by atoms with Gasteiger partial charge in [-0.2, -0.15) is 4.98 Å². The number of esters is 1. The Morgan fingerprint density at radius 2 is 1.72 bits per heavy atom. The Balaban J connectivity index is 1.84. The van der Waals surface area contributed by atoms with E-state index in [1.54, 1.807) is 19.1 Å². The maximum atomic E-state index is 12.4. The van der Waals surface area contributed by atoms with Crippen LogP contribution >= 0.6 is 0 Å². The van der Waals surface area contributed by atoms with Crippen molar-refractivity contribution in [3.8, 4) is 11.6 Å². The minimum absolute atomic E-state index is 0.0468. The summed E-state index contributed by atoms with van der Waals surface area (Å²) in [4.78, 5) is 31.8. The number of anilines is 1. The summed E-state index contributed by atoms with van der Waals surface area (Å²) < 4.78 is 34.9. The number of hydrazine groups is 1. The van der Waals surface area contributed by atoms with Gasteiger partial charge in [0.25, 0.3) is 10.0 Å². The average Bonchev–Trinajstić information content (AvgIpc) is 2.78. The van der Waals surface area contributed by atoms with E-state index in [4.69, 9.17) is 4.74 Å². The summed E-state index contributed by atoms with van der Waals surface area (Å²) >= 11 is 0. The summed E-state index contributed by atoms with van der Waals surface area (Å²) in [6.45, 7) is 1.80. The number of nitro groups is 1. The van der Waals surface area contributed by atoms with Crippen molar-refractivity contribution in [3.63, 3.8) is 0 Å². The first-order valence-corrected chi connectivity index (χ1v) is 10.4. The van der Waals surface area contributed by atoms with Crippen LogP contribution in [-0.2, 0) is 14.8 Å². The summed E-state index contributed by atoms with van der Waals surface area (Å²) in [7, 11) is -2.80. The second-order valence-electron chi connectivity index (χ2n) is 6.29. The van der Waals surface area contributed by atoms with Crippen LogP contribution in [0.5, 0.6) is 11.6 Å². The number of hydrogen-bond donors (Lipinski definition) is 2. The molecule has 1 aromatic heterocycles. The third-order valence-corrected chi connectivity index (χ3v) is 5.36. The molecule has 0 unspecified atom stereocenters. The van der Waals surface area contributed by atoms with Crippen LogP contribution in [0.15, 0.2) is 59.8 Å². The molecule has 0 fully saturated rings. The number of nitrogens with zero attached hydrogens (tertiary/aromatic N) is 3. The number of rotatable bonds is 8. The molecule has 0 saturated carbocycles. The fourth-order valence-electron chi connectivity index (χ4n) is 2.47. The van der Waals surface area contributed by atoms with Gasteiger partial charge in [0.05, 0.1) is 22.5 Å². The monoisotopic (exact) mass is 459 g/mol. The summed E-state index contributed by atoms with van der Waals surface area (Å²) in [6, 6.07) is 11.6. The van der Waals surface area contributed by atoms with Gasteiger partial charge in [-0.25, -0.2) is 18.2 Å². The van der Waals surface area contributed by atoms with Crippen molar-refractivity contribution in [2.75, 3.05) is 12.5 Å². The number of hydrogen-bond acceptors (Lipinski definition) is 10. The van der Waals surface area contributed by atoms with Gasteiger partial charge in [0, 0.05) is 0 Å². The number of sulfonamides is 1. The number of benzene rings is 2. The first-order chi connectivity index (χ1) is 15.2. The highest BCUT2D eigenvalue weighted by Gasteiger charge is 2.26. The van der Waals surface area contributed by atoms with Crippen molar-refractivity contribution in [2.24, 2.45) is 0 Å². The molecule has 0 spiro atoms. The molecule has 166 valence electrons. The van der Waals surface area contributed by atoms with Crippen molar-refractivity contribution in [1.29, 1.82) is 0 Å². The minimum Gasteiger partial charge on any atom is -0.465 e. The Hall–Kier alpha value is -4.10. The lowest BCUT2D eigenvalue weighted by Crippen LogP contribution is -2.30. The highest BCUT2D eigenvalue weighted by molar-refractivity contribution is 7.89. The van der Waals surface area contributed by atoms with Gasteiger partial charge in [0.1, 0.15) is 12.1 Å². The molecule has 2 aromatic carbocycles. The largest absolute Gasteiger partial charge is 0.465 e. The number of methoxy groups -OCH3 is 1. The maximum absolute atomic E-state index is 12.4. The van der Waals surface area contributed by atoms with Crippen LogP contribution in [0.4, 0.5) is 11.5 Å². The topological polar surface area (TPSA) is 163 Å². The molecular weight excluding hydrogens is 442 g/mol. The lowest BCUT2D eigenvalue weighted by atomic mass is 10.2. The smallest absolute Gasteiger partial charge is 0.374 e. The van der Waals surface area contributed by atoms with Crippen molar-refractivity contribution in [2.45, 2.75) is 11.8 Å². The van der Waals surface area contributed by atoms with E-state index in [2.05, 4.69) is 20.1 Å². The van der Waals surface area contributed by atoms with Crippen molar-refractivity contribution < 1.29 is 27.6 Å². The molecule has 0 radical (unpaired) electrons. The Morgan fingerprint density at radius 3 is 2.31 bits per heavy atom. The molecule has 2 N–H and O–H groups in total. The van der Waals surface area contributed by atoms with E-state index < -0.39 is 38.3 Å². The zero-order valence-corrected chi connectivity index (χ0v) is 17.6. The SMILES string of the molecule is COC(=O)c1ccc(Oc2ncnc(NNS(=O)(=O)c3ccc(C)cc3)c2[N+](=O)[O-])cc1. The summed E-state index contributed by atoms with van der Waals surface area (Å²) in [5.41, 5.74) is 2.66. The zero-order chi connectivity index (χ0) is 23.3. The van der Waals surface area contributed by atoms with E-state index in [1.807, 2.05) is 4.83 Å². The van der Waals surface area contributed by atoms with E-state index in [0.29, 0.717) is 0 Å². The number of carbonyl (C=O) groups excluding carboxylic acids is 1. The van der Waals surface area contributed by atoms with Crippen molar-refractivity contribution in [1.82, 2.24) is 14.8 Å². The van der Waals surface area contributed by atoms with Crippen LogP contribution in [0, 0.1) is 17.0 Å². The van der Waals surface area contributed by atoms with E-state index in [-0.39, 0.29) is 16.2 Å². The van der Waals surface area contributed by atoms with Crippen LogP contribution in [0.1, 0.15) is 15.9 Å². The van der Waals surface area contributed by atoms with Gasteiger partial charge in [-0.05, 0) is 43.3 Å². The standard InChI is InChI=1S/C19H17N5O7S/c1-12-3-9-15(10-4-12)32(28,29)23-22-17-16(24(26)27)18(21-11-20-17)31-14-7-5-13(6-8-14)19(25)30-2/h3-11,23H,1-2H3,(H,20,21,22). The Morgan fingerprint density at radius 1 is 1.06 bits per heavy atom. The lowest BCUT2D eigenvalue weighted by molar-refractivity contribution is -0.385. The Kier molecular flexibility index (Phi) is 6.61. The molecule has 32 heavy (non-hydrogen) atoms. The van der Waals surface area contributed by atoms with Gasteiger partial charge >= 0.3 is 17.5 Å². The second kappa shape index (κ2) is 9.36. The van der Waals surface area contributed by atoms with Crippen molar-refractivity contribution in [3.05, 3.63) is 76.1 Å². The molecule has 3 aromatic rings. The van der Waals surface area contributed by atoms with E-state index in [0.717, 1.165) is 11.9 Å². The number of aromatic nitrogens is 2. The predicted molar refractivity (Wildman–Crippen MR) is 112 cm³/mol. The first-order valence-electron chi connectivity index (χ1n) is 8.91. The fourth-order valence-corrected chi connectivity index (χ4v) is 3.32.